The maximum absolute atomic E-state index is 16.0. The number of phenols is 1. The first-order chi connectivity index (χ1) is 68.4. The summed E-state index contributed by atoms with van der Waals surface area (Å²) in [6, 6.07) is 55.1. The van der Waals surface area contributed by atoms with Crippen molar-refractivity contribution in [1.82, 2.24) is 10.6 Å². The summed E-state index contributed by atoms with van der Waals surface area (Å²) in [7, 11) is -12.2. The van der Waals surface area contributed by atoms with Gasteiger partial charge in [0, 0.05) is 32.2 Å². The summed E-state index contributed by atoms with van der Waals surface area (Å²) in [4.78, 5) is 27.0. The molecule has 10 aromatic carbocycles. The molecular weight excluding hydrogens is 1980 g/mol. The Balaban J connectivity index is 0.000000204. The molecular formula is C107H125F8N7O20S4. The molecule has 9 N–H and O–H groups in total. The first-order valence-corrected chi connectivity index (χ1v) is 52.7. The lowest BCUT2D eigenvalue weighted by atomic mass is 9.80. The van der Waals surface area contributed by atoms with Crippen LogP contribution in [-0.2, 0) is 98.4 Å². The van der Waals surface area contributed by atoms with Crippen LogP contribution in [0.4, 0.5) is 39.9 Å². The van der Waals surface area contributed by atoms with Gasteiger partial charge >= 0.3 is 6.09 Å². The van der Waals surface area contributed by atoms with Gasteiger partial charge in [-0.25, -0.2) is 73.6 Å². The third kappa shape index (κ3) is 21.9. The Bertz CT molecular complexity index is 7060. The van der Waals surface area contributed by atoms with Crippen molar-refractivity contribution in [2.45, 2.75) is 207 Å². The Kier molecular flexibility index (Phi) is 32.7. The van der Waals surface area contributed by atoms with E-state index in [2.05, 4.69) is 27.2 Å². The number of aliphatic hydroxyl groups excluding tert-OH is 2. The molecule has 6 aliphatic heterocycles. The Hall–Kier alpha value is -12.2. The van der Waals surface area contributed by atoms with E-state index in [1.54, 1.807) is 46.8 Å². The van der Waals surface area contributed by atoms with Gasteiger partial charge in [-0.15, -0.1) is 0 Å². The molecule has 10 aromatic rings. The molecule has 39 heteroatoms. The number of benzene rings is 10. The molecule has 0 spiro atoms. The topological polar surface area (TPSA) is 401 Å². The molecule has 16 rings (SSSR count). The van der Waals surface area contributed by atoms with Crippen LogP contribution in [0.3, 0.4) is 0 Å². The number of amidine groups is 3. The van der Waals surface area contributed by atoms with Crippen molar-refractivity contribution >= 4 is 62.9 Å². The number of aliphatic hydroxyl groups is 2. The lowest BCUT2D eigenvalue weighted by Crippen LogP contribution is -2.69. The molecule has 3 saturated heterocycles. The smallest absolute Gasteiger partial charge is 0.413 e. The maximum atomic E-state index is 16.0. The Morgan fingerprint density at radius 1 is 0.473 bits per heavy atom. The number of ether oxygens (including phenoxy) is 8. The second-order valence-electron chi connectivity index (χ2n) is 39.5. The third-order valence-corrected chi connectivity index (χ3v) is 39.8. The molecule has 12 atom stereocenters. The van der Waals surface area contributed by atoms with Gasteiger partial charge in [0.2, 0.25) is 0 Å². The van der Waals surface area contributed by atoms with Crippen molar-refractivity contribution in [3.63, 3.8) is 0 Å². The second kappa shape index (κ2) is 42.9. The molecule has 0 aliphatic carbocycles. The number of hydrogen-bond acceptors (Lipinski definition) is 26. The van der Waals surface area contributed by atoms with Crippen molar-refractivity contribution in [2.24, 2.45) is 26.4 Å². The van der Waals surface area contributed by atoms with Gasteiger partial charge in [0.15, 0.2) is 39.3 Å². The minimum Gasteiger partial charge on any atom is -0.508 e. The monoisotopic (exact) mass is 2110 g/mol. The predicted octanol–water partition coefficient (Wildman–Crippen LogP) is 18.2. The van der Waals surface area contributed by atoms with Crippen LogP contribution >= 0.6 is 0 Å². The fourth-order valence-corrected chi connectivity index (χ4v) is 27.9. The van der Waals surface area contributed by atoms with Crippen LogP contribution in [0.1, 0.15) is 186 Å². The number of halogens is 8. The highest BCUT2D eigenvalue weighted by atomic mass is 32.2. The first kappa shape index (κ1) is 111. The van der Waals surface area contributed by atoms with Gasteiger partial charge in [0.1, 0.15) is 134 Å². The Labute approximate surface area is 849 Å². The summed E-state index contributed by atoms with van der Waals surface area (Å²) in [6.45, 7) is 19.5. The quantitative estimate of drug-likeness (QED) is 0.0292. The number of nitrogens with zero attached hydrogens (tertiary/aromatic N) is 3. The van der Waals surface area contributed by atoms with Gasteiger partial charge in [-0.05, 0) is 257 Å². The number of phenolic OH excluding ortho intramolecular Hbond substituents is 1. The number of hydrogen-bond donors (Lipinski definition) is 7. The standard InChI is InChI=1S/C34H40F2N2O7S.C29H32F2N2O5S.C23H25F2NO4S.C21H22F2N2O4S.3H2/c1-32(2,3)45-31(40)37-30-33(4,5)46(41,42)29(19-28(39)23-12-14-24(35)15-13-23)34(38-30,21-44-20-22-10-8-7-9-11-22)26-18-25(43-6)16-17-27(26)36;1-28(2)27(32)33-29(18-38-17-19-7-5-4-6-8-19,23-15-22(37-3)13-14-24(23)31)26(39(28,35)36)16-25(34)20-9-11-21(30)12-10-20;1-14-22(2,3)31(27,28)21-12-20(15-5-7-16(24)8-6-15)30-13-23(21,26-14)18-11-17(29-4)9-10-19(18)25;1-20(2)19(24)25-21(15-9-14(26)7-8-16(15)23)11-29-17(10-18(21)30(20,27)28)12-3-5-13(22)6-4-12;;;/h7-18,28-29,39H,19-21H2,1-6H3,(H,37,38,40);4-15,25-26,34H,16-18H2,1-3H3,(H2,32,33);5-11,20-21,26H,1,12-13H2,2-4H3;3-9,17-18,26H,10-11H2,1-2H3,(H2,24,25);3*1H/t28?,29?,34-;25?,26?,29-;20-,21-,23-;17-,18-,21-;;;/m1111.../s1. The van der Waals surface area contributed by atoms with Gasteiger partial charge in [0.05, 0.1) is 106 Å². The van der Waals surface area contributed by atoms with Crippen LogP contribution in [-0.4, -0.2) is 166 Å². The molecule has 0 aromatic heterocycles. The largest absolute Gasteiger partial charge is 0.508 e. The lowest BCUT2D eigenvalue weighted by Gasteiger charge is -2.54. The molecule has 146 heavy (non-hydrogen) atoms. The minimum atomic E-state index is -4.46. The van der Waals surface area contributed by atoms with Gasteiger partial charge in [-0.2, -0.15) is 0 Å². The molecule has 1 amide bonds. The number of nitrogens with one attached hydrogen (secondary N) is 2. The zero-order valence-electron chi connectivity index (χ0n) is 82.8. The average Bonchev–Trinajstić information content (AvgIpc) is 0.705. The van der Waals surface area contributed by atoms with Crippen LogP contribution in [0, 0.1) is 46.5 Å². The number of aromatic hydroxyl groups is 1. The van der Waals surface area contributed by atoms with E-state index in [9.17, 15) is 75.7 Å². The predicted molar refractivity (Wildman–Crippen MR) is 543 cm³/mol. The highest BCUT2D eigenvalue weighted by molar-refractivity contribution is 7.95. The van der Waals surface area contributed by atoms with E-state index in [0.717, 1.165) is 41.5 Å². The lowest BCUT2D eigenvalue weighted by molar-refractivity contribution is -0.0424. The molecule has 4 unspecified atom stereocenters. The zero-order valence-corrected chi connectivity index (χ0v) is 86.0. The van der Waals surface area contributed by atoms with Crippen molar-refractivity contribution < 1.29 is 131 Å². The van der Waals surface area contributed by atoms with E-state index in [0.29, 0.717) is 22.4 Å². The molecule has 0 radical (unpaired) electrons. The van der Waals surface area contributed by atoms with E-state index < -0.39 is 197 Å². The molecule has 0 bridgehead atoms. The molecule has 27 nitrogen and oxygen atoms in total. The number of nitrogens with two attached hydrogens (primary N) is 2. The van der Waals surface area contributed by atoms with E-state index in [1.165, 1.54) is 190 Å². The van der Waals surface area contributed by atoms with Gasteiger partial charge in [-0.3, -0.25) is 20.3 Å². The number of alkyl carbamates (subject to hydrolysis) is 1. The normalized spacial score (nSPS) is 25.0. The summed E-state index contributed by atoms with van der Waals surface area (Å²) in [6.07, 6.45) is -5.73. The third-order valence-electron chi connectivity index (χ3n) is 27.9. The van der Waals surface area contributed by atoms with Crippen molar-refractivity contribution in [3.8, 4) is 23.0 Å². The number of rotatable bonds is 23. The Morgan fingerprint density at radius 2 is 0.842 bits per heavy atom. The number of fused-ring (bicyclic) bond motifs is 2. The minimum absolute atomic E-state index is 0. The fraction of sp³-hybridized carbons (Fsp3) is 0.383. The summed E-state index contributed by atoms with van der Waals surface area (Å²) in [5, 5.41) is 33.0. The highest BCUT2D eigenvalue weighted by Crippen LogP contribution is 2.56. The number of methoxy groups -OCH3 is 3. The van der Waals surface area contributed by atoms with E-state index in [1.807, 2.05) is 60.7 Å². The molecule has 3 fully saturated rings. The van der Waals surface area contributed by atoms with Crippen molar-refractivity contribution in [3.05, 3.63) is 345 Å². The van der Waals surface area contributed by atoms with Gasteiger partial charge < -0.3 is 70.0 Å². The number of amides is 1. The van der Waals surface area contributed by atoms with Crippen LogP contribution in [0.2, 0.25) is 0 Å². The summed E-state index contributed by atoms with van der Waals surface area (Å²) in [5.74, 6) is -4.64. The summed E-state index contributed by atoms with van der Waals surface area (Å²) in [5.41, 5.74) is 7.96. The molecule has 788 valence electrons. The van der Waals surface area contributed by atoms with Gasteiger partial charge in [-0.1, -0.05) is 116 Å². The number of sulfone groups is 4. The molecule has 6 aliphatic rings. The second-order valence-corrected chi connectivity index (χ2v) is 50.3. The zero-order chi connectivity index (χ0) is 107. The Morgan fingerprint density at radius 3 is 1.28 bits per heavy atom. The SMILES string of the molecule is C=C1N[C@@]2(c3cc(OC)ccc3F)CO[C@@H](c3ccc(F)cc3)C[C@H]2S(=O)(=O)C1(C)C.CC1(C)C(N)=N[C@@]2(c3cc(O)ccc3F)CO[C@@H](c3ccc(F)cc3)C[C@H]2S1(=O)=O.COc1ccc(F)c([C@@]2(COCc3ccccc3)N=C(N)C(C)(C)S(=O)(=O)C2CC(O)c2ccc(F)cc2)c1.COc1ccc(F)c([C@@]2(COCc3ccccc3)N=C(NC(=O)OC(C)(C)C)C(C)(C)S(=O)(=O)C2CC(O)c2ccc(F)cc2)c1.[HH].[HH].[HH]. The summed E-state index contributed by atoms with van der Waals surface area (Å²) >= 11 is 0. The molecule has 0 saturated carbocycles. The maximum Gasteiger partial charge on any atom is 0.413 e. The van der Waals surface area contributed by atoms with E-state index >= 15 is 13.2 Å². The van der Waals surface area contributed by atoms with Crippen LogP contribution in [0.15, 0.2) is 258 Å². The number of carbonyl (C=O) groups is 1. The van der Waals surface area contributed by atoms with E-state index in [-0.39, 0.29) is 125 Å². The first-order valence-electron chi connectivity index (χ1n) is 46.5. The number of carbonyl (C=O) groups excluding carboxylic acids is 1. The van der Waals surface area contributed by atoms with Crippen LogP contribution in [0.5, 0.6) is 23.0 Å². The van der Waals surface area contributed by atoms with Crippen LogP contribution in [0.25, 0.3) is 0 Å². The number of aliphatic imine (C=N–C) groups is 3. The highest BCUT2D eigenvalue weighted by Gasteiger charge is 2.66. The van der Waals surface area contributed by atoms with Crippen molar-refractivity contribution in [2.75, 3.05) is 47.8 Å². The van der Waals surface area contributed by atoms with Crippen LogP contribution < -0.4 is 36.3 Å². The van der Waals surface area contributed by atoms with Crippen molar-refractivity contribution in [1.29, 1.82) is 0 Å². The summed E-state index contributed by atoms with van der Waals surface area (Å²) < 4.78 is 268. The van der Waals surface area contributed by atoms with E-state index in [4.69, 9.17) is 54.4 Å². The van der Waals surface area contributed by atoms with Gasteiger partial charge in [0.25, 0.3) is 0 Å². The molecule has 6 heterocycles. The average molecular weight is 2110 g/mol. The fourth-order valence-electron chi connectivity index (χ4n) is 18.8.